The Hall–Kier alpha value is -1.02. The van der Waals surface area contributed by atoms with Crippen molar-refractivity contribution in [1.29, 1.82) is 0 Å². The van der Waals surface area contributed by atoms with Crippen LogP contribution in [0, 0.1) is 0 Å². The van der Waals surface area contributed by atoms with Crippen LogP contribution in [0.4, 0.5) is 0 Å². The molecule has 0 aromatic carbocycles. The van der Waals surface area contributed by atoms with Crippen molar-refractivity contribution in [2.75, 3.05) is 6.61 Å². The van der Waals surface area contributed by atoms with Gasteiger partial charge in [-0.05, 0) is 0 Å². The van der Waals surface area contributed by atoms with Crippen molar-refractivity contribution in [3.05, 3.63) is 0 Å². The summed E-state index contributed by atoms with van der Waals surface area (Å²) in [6.07, 6.45) is -17.5. The monoisotopic (exact) mass is 435 g/mol. The minimum atomic E-state index is -4.98. The first-order chi connectivity index (χ1) is 12.9. The van der Waals surface area contributed by atoms with Crippen LogP contribution in [0.15, 0.2) is 0 Å². The van der Waals surface area contributed by atoms with Crippen LogP contribution in [-0.2, 0) is 29.3 Å². The molecule has 0 saturated carbocycles. The lowest BCUT2D eigenvalue weighted by molar-refractivity contribution is -0.334. The van der Waals surface area contributed by atoms with Gasteiger partial charge in [0.2, 0.25) is 0 Å². The molecule has 0 spiro atoms. The highest BCUT2D eigenvalue weighted by Gasteiger charge is 2.53. The van der Waals surface area contributed by atoms with E-state index in [1.807, 2.05) is 0 Å². The van der Waals surface area contributed by atoms with Crippen LogP contribution >= 0.6 is 0 Å². The van der Waals surface area contributed by atoms with Crippen molar-refractivity contribution in [3.63, 3.8) is 0 Å². The van der Waals surface area contributed by atoms with E-state index in [9.17, 15) is 49.0 Å². The number of aliphatic hydroxyl groups excluding tert-OH is 6. The lowest BCUT2D eigenvalue weighted by atomic mass is 9.96. The van der Waals surface area contributed by atoms with Crippen LogP contribution in [0.3, 0.4) is 0 Å². The second kappa shape index (κ2) is 8.78. The van der Waals surface area contributed by atoms with Gasteiger partial charge < -0.3 is 50.0 Å². The van der Waals surface area contributed by atoms with Crippen LogP contribution in [0.2, 0.25) is 0 Å². The molecule has 2 fully saturated rings. The molecule has 28 heavy (non-hydrogen) atoms. The van der Waals surface area contributed by atoms with Gasteiger partial charge in [0.1, 0.15) is 42.7 Å². The number of aliphatic carboxylic acids is 1. The highest BCUT2D eigenvalue weighted by atomic mass is 32.2. The third kappa shape index (κ3) is 4.93. The van der Waals surface area contributed by atoms with Crippen LogP contribution in [0.5, 0.6) is 0 Å². The van der Waals surface area contributed by atoms with Crippen molar-refractivity contribution >= 4 is 16.3 Å². The van der Waals surface area contributed by atoms with Gasteiger partial charge in [0.25, 0.3) is 0 Å². The van der Waals surface area contributed by atoms with Crippen LogP contribution in [0.1, 0.15) is 0 Å². The molecule has 0 amide bonds. The Balaban J connectivity index is 2.32. The number of carbonyl (C=O) groups is 1. The van der Waals surface area contributed by atoms with Gasteiger partial charge in [0.15, 0.2) is 18.7 Å². The molecule has 2 heterocycles. The average molecular weight is 435 g/mol. The van der Waals surface area contributed by atoms with Crippen LogP contribution < -0.4 is 4.72 Å². The molecule has 16 heteroatoms. The average Bonchev–Trinajstić information content (AvgIpc) is 2.59. The quantitative estimate of drug-likeness (QED) is 0.176. The molecule has 2 saturated heterocycles. The van der Waals surface area contributed by atoms with E-state index >= 15 is 0 Å². The van der Waals surface area contributed by atoms with Gasteiger partial charge in [-0.15, -0.1) is 0 Å². The normalized spacial score (nSPS) is 45.0. The zero-order valence-electron chi connectivity index (χ0n) is 13.9. The van der Waals surface area contributed by atoms with E-state index in [-0.39, 0.29) is 0 Å². The maximum absolute atomic E-state index is 11.3. The molecule has 2 aliphatic heterocycles. The van der Waals surface area contributed by atoms with Crippen molar-refractivity contribution in [2.24, 2.45) is 0 Å². The lowest BCUT2D eigenvalue weighted by Crippen LogP contribution is -2.68. The summed E-state index contributed by atoms with van der Waals surface area (Å²) < 4.78 is 47.6. The molecule has 0 aromatic rings. The van der Waals surface area contributed by atoms with Gasteiger partial charge in [-0.3, -0.25) is 4.55 Å². The molecule has 0 bridgehead atoms. The summed E-state index contributed by atoms with van der Waals surface area (Å²) in [7, 11) is -4.98. The second-order valence-corrected chi connectivity index (χ2v) is 7.38. The zero-order chi connectivity index (χ0) is 21.4. The maximum atomic E-state index is 11.3. The maximum Gasteiger partial charge on any atom is 0.335 e. The van der Waals surface area contributed by atoms with E-state index in [0.717, 1.165) is 0 Å². The fourth-order valence-corrected chi connectivity index (χ4v) is 3.45. The van der Waals surface area contributed by atoms with Gasteiger partial charge in [-0.25, -0.2) is 4.79 Å². The predicted octanol–water partition coefficient (Wildman–Crippen LogP) is -5.90. The number of ether oxygens (including phenoxy) is 3. The summed E-state index contributed by atoms with van der Waals surface area (Å²) in [6.45, 7) is -0.871. The third-order valence-corrected chi connectivity index (χ3v) is 4.83. The van der Waals surface area contributed by atoms with Crippen LogP contribution in [0.25, 0.3) is 0 Å². The fraction of sp³-hybridized carbons (Fsp3) is 0.917. The van der Waals surface area contributed by atoms with Crippen molar-refractivity contribution < 1.29 is 67.7 Å². The zero-order valence-corrected chi connectivity index (χ0v) is 14.7. The molecule has 15 nitrogen and oxygen atoms in total. The summed E-state index contributed by atoms with van der Waals surface area (Å²) in [5.74, 6) is -1.73. The first kappa shape index (κ1) is 23.3. The Kier molecular flexibility index (Phi) is 7.29. The van der Waals surface area contributed by atoms with Gasteiger partial charge in [0, 0.05) is 0 Å². The van der Waals surface area contributed by atoms with Crippen molar-refractivity contribution in [1.82, 2.24) is 4.72 Å². The highest BCUT2D eigenvalue weighted by molar-refractivity contribution is 7.83. The molecular formula is C12H21NO14S. The van der Waals surface area contributed by atoms with Gasteiger partial charge in [-0.1, -0.05) is 0 Å². The number of aliphatic hydroxyl groups is 6. The predicted molar refractivity (Wildman–Crippen MR) is 81.6 cm³/mol. The van der Waals surface area contributed by atoms with E-state index in [0.29, 0.717) is 0 Å². The molecule has 2 aliphatic rings. The fourth-order valence-electron chi connectivity index (χ4n) is 2.85. The molecule has 1 unspecified atom stereocenters. The Morgan fingerprint density at radius 1 is 1.00 bits per heavy atom. The summed E-state index contributed by atoms with van der Waals surface area (Å²) in [5, 5.41) is 67.5. The molecule has 2 rings (SSSR count). The number of nitrogens with one attached hydrogen (secondary N) is 1. The Morgan fingerprint density at radius 2 is 1.61 bits per heavy atom. The first-order valence-corrected chi connectivity index (χ1v) is 9.26. The molecule has 164 valence electrons. The molecule has 0 aromatic heterocycles. The van der Waals surface area contributed by atoms with E-state index in [2.05, 4.69) is 4.74 Å². The van der Waals surface area contributed by atoms with Gasteiger partial charge in [0.05, 0.1) is 6.61 Å². The lowest BCUT2D eigenvalue weighted by Gasteiger charge is -2.45. The van der Waals surface area contributed by atoms with E-state index < -0.39 is 84.2 Å². The standard InChI is InChI=1S/C12H21NO14S/c14-1-2-4(15)5(16)3(13-28(22,23)24)12(25-2)27-8-6(17)7(18)11(21)26-9(8)10(19)20/h2-9,11-18,21H,1H2,(H,19,20)(H,22,23,24)/t2-,3-,4-,5-,6-,7-,8+,9+,11?,12-/m1/s1. The summed E-state index contributed by atoms with van der Waals surface area (Å²) in [5.41, 5.74) is 0. The molecule has 9 N–H and O–H groups in total. The van der Waals surface area contributed by atoms with Gasteiger partial charge in [-0.2, -0.15) is 13.1 Å². The number of rotatable bonds is 6. The smallest absolute Gasteiger partial charge is 0.335 e. The van der Waals surface area contributed by atoms with Gasteiger partial charge >= 0.3 is 16.3 Å². The SMILES string of the molecule is O=C(O)[C@H]1OC(O)[C@H](O)[C@@H](O)[C@@H]1O[C@H]1O[C@H](CO)[C@@H](O)[C@H](O)[C@H]1NS(=O)(=O)O. The number of carboxylic acids is 1. The summed E-state index contributed by atoms with van der Waals surface area (Å²) >= 11 is 0. The number of hydrogen-bond acceptors (Lipinski definition) is 12. The van der Waals surface area contributed by atoms with Crippen molar-refractivity contribution in [2.45, 2.75) is 61.3 Å². The van der Waals surface area contributed by atoms with E-state index in [4.69, 9.17) is 14.0 Å². The number of hydrogen-bond donors (Lipinski definition) is 9. The number of carboxylic acid groups (broad SMARTS) is 1. The summed E-state index contributed by atoms with van der Waals surface area (Å²) in [4.78, 5) is 11.3. The second-order valence-electron chi connectivity index (χ2n) is 6.19. The van der Waals surface area contributed by atoms with E-state index in [1.54, 1.807) is 0 Å². The molecule has 10 atom stereocenters. The molecular weight excluding hydrogens is 414 g/mol. The van der Waals surface area contributed by atoms with Crippen LogP contribution in [-0.4, -0.2) is 123 Å². The molecule has 0 aliphatic carbocycles. The largest absolute Gasteiger partial charge is 0.479 e. The van der Waals surface area contributed by atoms with Crippen molar-refractivity contribution in [3.8, 4) is 0 Å². The Labute approximate surface area is 157 Å². The first-order valence-electron chi connectivity index (χ1n) is 7.82. The minimum Gasteiger partial charge on any atom is -0.479 e. The Morgan fingerprint density at radius 3 is 2.11 bits per heavy atom. The topological polar surface area (TPSA) is 253 Å². The Bertz CT molecular complexity index is 659. The van der Waals surface area contributed by atoms with E-state index in [1.165, 1.54) is 4.72 Å². The minimum absolute atomic E-state index is 0.871. The highest BCUT2D eigenvalue weighted by Crippen LogP contribution is 2.29. The summed E-state index contributed by atoms with van der Waals surface area (Å²) in [6, 6.07) is -1.92. The molecule has 0 radical (unpaired) electrons. The third-order valence-electron chi connectivity index (χ3n) is 4.26.